The molecule has 3 N–H and O–H groups in total. The number of aromatic nitrogens is 2. The molecule has 0 bridgehead atoms. The zero-order chi connectivity index (χ0) is 14.1. The molecule has 19 heavy (non-hydrogen) atoms. The summed E-state index contributed by atoms with van der Waals surface area (Å²) in [5, 5.41) is 0. The maximum atomic E-state index is 11.9. The van der Waals surface area contributed by atoms with Crippen molar-refractivity contribution in [2.45, 2.75) is 6.18 Å². The van der Waals surface area contributed by atoms with Crippen molar-refractivity contribution in [2.75, 3.05) is 11.3 Å². The zero-order valence-electron chi connectivity index (χ0n) is 9.32. The van der Waals surface area contributed by atoms with E-state index in [1.54, 1.807) is 24.3 Å². The highest BCUT2D eigenvalue weighted by Gasteiger charge is 2.29. The van der Waals surface area contributed by atoms with Gasteiger partial charge in [-0.2, -0.15) is 26.3 Å². The molecule has 10 heteroatoms. The van der Waals surface area contributed by atoms with E-state index in [-0.39, 0.29) is 5.95 Å². The number of imidazole rings is 1. The van der Waals surface area contributed by atoms with Gasteiger partial charge in [-0.05, 0) is 12.1 Å². The van der Waals surface area contributed by atoms with E-state index in [2.05, 4.69) is 9.97 Å². The molecule has 0 amide bonds. The molecule has 6 nitrogen and oxygen atoms in total. The van der Waals surface area contributed by atoms with E-state index in [9.17, 15) is 21.6 Å². The highest BCUT2D eigenvalue weighted by Crippen LogP contribution is 2.15. The number of fused-ring (bicyclic) bond motifs is 1. The van der Waals surface area contributed by atoms with Gasteiger partial charge >= 0.3 is 16.4 Å². The fourth-order valence-electron chi connectivity index (χ4n) is 1.34. The Kier molecular flexibility index (Phi) is 3.37. The topological polar surface area (TPSA) is 86.9 Å². The summed E-state index contributed by atoms with van der Waals surface area (Å²) in [6.45, 7) is -1.65. The molecule has 0 atom stereocenters. The van der Waals surface area contributed by atoms with Gasteiger partial charge < -0.3 is 4.98 Å². The first kappa shape index (κ1) is 13.6. The third kappa shape index (κ3) is 3.83. The van der Waals surface area contributed by atoms with Gasteiger partial charge in [0, 0.05) is 0 Å². The highest BCUT2D eigenvalue weighted by atomic mass is 32.2. The van der Waals surface area contributed by atoms with Crippen molar-refractivity contribution in [3.63, 3.8) is 0 Å². The van der Waals surface area contributed by atoms with Crippen molar-refractivity contribution in [3.8, 4) is 0 Å². The molecule has 104 valence electrons. The number of H-pyrrole nitrogens is 1. The minimum atomic E-state index is -4.62. The van der Waals surface area contributed by atoms with Gasteiger partial charge in [0.1, 0.15) is 6.54 Å². The van der Waals surface area contributed by atoms with E-state index >= 15 is 0 Å². The summed E-state index contributed by atoms with van der Waals surface area (Å²) in [7, 11) is -4.33. The number of anilines is 1. The Balaban J connectivity index is 2.11. The maximum Gasteiger partial charge on any atom is 0.402 e. The van der Waals surface area contributed by atoms with Crippen LogP contribution in [0.5, 0.6) is 0 Å². The van der Waals surface area contributed by atoms with Crippen LogP contribution < -0.4 is 9.44 Å². The van der Waals surface area contributed by atoms with Crippen LogP contribution in [0.25, 0.3) is 11.0 Å². The lowest BCUT2D eigenvalue weighted by molar-refractivity contribution is -0.121. The number of nitrogens with zero attached hydrogens (tertiary/aromatic N) is 1. The number of alkyl halides is 3. The van der Waals surface area contributed by atoms with Gasteiger partial charge in [-0.15, -0.1) is 0 Å². The molecule has 2 aromatic rings. The van der Waals surface area contributed by atoms with E-state index in [4.69, 9.17) is 0 Å². The molecule has 1 aromatic heterocycles. The van der Waals surface area contributed by atoms with Gasteiger partial charge in [0.15, 0.2) is 0 Å². The van der Waals surface area contributed by atoms with Gasteiger partial charge in [-0.3, -0.25) is 0 Å². The van der Waals surface area contributed by atoms with Crippen LogP contribution in [-0.2, 0) is 10.2 Å². The lowest BCUT2D eigenvalue weighted by Crippen LogP contribution is -2.37. The van der Waals surface area contributed by atoms with Crippen LogP contribution in [0.4, 0.5) is 19.1 Å². The average Bonchev–Trinajstić information content (AvgIpc) is 2.66. The Labute approximate surface area is 106 Å². The number of para-hydroxylation sites is 2. The molecule has 2 rings (SSSR count). The second-order valence-electron chi connectivity index (χ2n) is 3.64. The molecule has 0 fully saturated rings. The van der Waals surface area contributed by atoms with Gasteiger partial charge in [-0.25, -0.2) is 9.71 Å². The van der Waals surface area contributed by atoms with Gasteiger partial charge in [0.05, 0.1) is 11.0 Å². The van der Waals surface area contributed by atoms with Gasteiger partial charge in [0.2, 0.25) is 5.95 Å². The van der Waals surface area contributed by atoms with Crippen molar-refractivity contribution < 1.29 is 21.6 Å². The van der Waals surface area contributed by atoms with Crippen LogP contribution in [-0.4, -0.2) is 31.1 Å². The molecule has 0 saturated heterocycles. The maximum absolute atomic E-state index is 11.9. The summed E-state index contributed by atoms with van der Waals surface area (Å²) in [6.07, 6.45) is -4.62. The van der Waals surface area contributed by atoms with E-state index in [1.807, 2.05) is 4.72 Å². The molecule has 0 unspecified atom stereocenters. The Morgan fingerprint density at radius 3 is 2.58 bits per heavy atom. The minimum Gasteiger partial charge on any atom is -0.323 e. The standard InChI is InChI=1S/C9H9F3N4O2S/c10-9(11,12)5-13-19(17,18)16-8-14-6-3-1-2-4-7(6)15-8/h1-4,13H,5H2,(H2,14,15,16). The summed E-state index contributed by atoms with van der Waals surface area (Å²) in [5.41, 5.74) is 1.06. The number of hydrogen-bond acceptors (Lipinski definition) is 3. The van der Waals surface area contributed by atoms with E-state index in [0.717, 1.165) is 0 Å². The van der Waals surface area contributed by atoms with Crippen LogP contribution in [0.2, 0.25) is 0 Å². The number of halogens is 3. The first-order valence-electron chi connectivity index (χ1n) is 5.04. The largest absolute Gasteiger partial charge is 0.402 e. The SMILES string of the molecule is O=S(=O)(NCC(F)(F)F)Nc1nc2ccccc2[nH]1. The fraction of sp³-hybridized carbons (Fsp3) is 0.222. The van der Waals surface area contributed by atoms with Crippen LogP contribution >= 0.6 is 0 Å². The summed E-state index contributed by atoms with van der Waals surface area (Å²) in [6, 6.07) is 6.69. The number of rotatable bonds is 4. The number of hydrogen-bond donors (Lipinski definition) is 3. The third-order valence-electron chi connectivity index (χ3n) is 2.08. The van der Waals surface area contributed by atoms with Crippen molar-refractivity contribution >= 4 is 27.2 Å². The zero-order valence-corrected chi connectivity index (χ0v) is 10.1. The Bertz CT molecular complexity index is 647. The molecule has 0 spiro atoms. The number of nitrogens with one attached hydrogen (secondary N) is 3. The Hall–Kier alpha value is -1.81. The van der Waals surface area contributed by atoms with E-state index < -0.39 is 22.9 Å². The molecule has 1 heterocycles. The summed E-state index contributed by atoms with van der Waals surface area (Å²) < 4.78 is 61.7. The second kappa shape index (κ2) is 4.70. The molecule has 0 aliphatic carbocycles. The number of benzene rings is 1. The summed E-state index contributed by atoms with van der Waals surface area (Å²) in [5.74, 6) is -0.157. The smallest absolute Gasteiger partial charge is 0.323 e. The lowest BCUT2D eigenvalue weighted by Gasteiger charge is -2.09. The second-order valence-corrected chi connectivity index (χ2v) is 5.14. The fourth-order valence-corrected chi connectivity index (χ4v) is 2.12. The predicted octanol–water partition coefficient (Wildman–Crippen LogP) is 1.37. The highest BCUT2D eigenvalue weighted by molar-refractivity contribution is 7.90. The molecule has 0 aliphatic rings. The molecular weight excluding hydrogens is 285 g/mol. The average molecular weight is 294 g/mol. The van der Waals surface area contributed by atoms with E-state index in [0.29, 0.717) is 11.0 Å². The van der Waals surface area contributed by atoms with Crippen LogP contribution in [0.3, 0.4) is 0 Å². The van der Waals surface area contributed by atoms with Gasteiger partial charge in [-0.1, -0.05) is 12.1 Å². The molecule has 0 saturated carbocycles. The molecular formula is C9H9F3N4O2S. The van der Waals surface area contributed by atoms with Crippen molar-refractivity contribution in [1.82, 2.24) is 14.7 Å². The van der Waals surface area contributed by atoms with Crippen LogP contribution in [0.1, 0.15) is 0 Å². The first-order valence-corrected chi connectivity index (χ1v) is 6.52. The summed E-state index contributed by atoms with van der Waals surface area (Å²) >= 11 is 0. The molecule has 0 aliphatic heterocycles. The van der Waals surface area contributed by atoms with Crippen molar-refractivity contribution in [3.05, 3.63) is 24.3 Å². The lowest BCUT2D eigenvalue weighted by atomic mass is 10.3. The van der Waals surface area contributed by atoms with Crippen LogP contribution in [0, 0.1) is 0 Å². The minimum absolute atomic E-state index is 0.157. The molecule has 1 aromatic carbocycles. The quantitative estimate of drug-likeness (QED) is 0.796. The van der Waals surface area contributed by atoms with Crippen molar-refractivity contribution in [2.24, 2.45) is 0 Å². The molecule has 0 radical (unpaired) electrons. The number of aromatic amines is 1. The monoisotopic (exact) mass is 294 g/mol. The predicted molar refractivity (Wildman–Crippen MR) is 62.7 cm³/mol. The van der Waals surface area contributed by atoms with Crippen LogP contribution in [0.15, 0.2) is 24.3 Å². The van der Waals surface area contributed by atoms with Gasteiger partial charge in [0.25, 0.3) is 0 Å². The van der Waals surface area contributed by atoms with E-state index in [1.165, 1.54) is 4.72 Å². The normalized spacial score (nSPS) is 12.8. The third-order valence-corrected chi connectivity index (χ3v) is 3.07. The summed E-state index contributed by atoms with van der Waals surface area (Å²) in [4.78, 5) is 6.50. The van der Waals surface area contributed by atoms with Crippen molar-refractivity contribution in [1.29, 1.82) is 0 Å². The Morgan fingerprint density at radius 1 is 1.26 bits per heavy atom. The first-order chi connectivity index (χ1) is 8.75. The Morgan fingerprint density at radius 2 is 1.95 bits per heavy atom.